The van der Waals surface area contributed by atoms with Crippen LogP contribution in [0.15, 0.2) is 24.3 Å². The van der Waals surface area contributed by atoms with Crippen molar-refractivity contribution in [3.05, 3.63) is 35.4 Å². The fourth-order valence-corrected chi connectivity index (χ4v) is 4.01. The van der Waals surface area contributed by atoms with Crippen molar-refractivity contribution in [3.8, 4) is 0 Å². The van der Waals surface area contributed by atoms with Crippen LogP contribution in [-0.2, 0) is 17.4 Å². The van der Waals surface area contributed by atoms with Crippen molar-refractivity contribution in [1.29, 1.82) is 0 Å². The molecule has 0 radical (unpaired) electrons. The van der Waals surface area contributed by atoms with Crippen LogP contribution < -0.4 is 10.9 Å². The summed E-state index contributed by atoms with van der Waals surface area (Å²) in [7, 11) is 0. The Morgan fingerprint density at radius 3 is 2.77 bits per heavy atom. The zero-order valence-corrected chi connectivity index (χ0v) is 15.1. The van der Waals surface area contributed by atoms with Crippen molar-refractivity contribution < 1.29 is 18.0 Å². The minimum Gasteiger partial charge on any atom is -0.341 e. The third-order valence-electron chi connectivity index (χ3n) is 5.16. The number of aryl methyl sites for hydroxylation is 1. The lowest BCUT2D eigenvalue weighted by Gasteiger charge is -2.34. The molecule has 4 nitrogen and oxygen atoms in total. The van der Waals surface area contributed by atoms with Crippen LogP contribution in [0.4, 0.5) is 13.2 Å². The van der Waals surface area contributed by atoms with Gasteiger partial charge in [-0.1, -0.05) is 18.2 Å². The lowest BCUT2D eigenvalue weighted by atomic mass is 9.90. The number of likely N-dealkylation sites (tertiary alicyclic amines) is 1. The van der Waals surface area contributed by atoms with E-state index in [4.69, 9.17) is 11.6 Å². The lowest BCUT2D eigenvalue weighted by Crippen LogP contribution is -2.51. The van der Waals surface area contributed by atoms with Crippen molar-refractivity contribution in [2.24, 2.45) is 5.92 Å². The molecule has 0 aromatic heterocycles. The van der Waals surface area contributed by atoms with Gasteiger partial charge in [0.25, 0.3) is 0 Å². The second-order valence-electron chi connectivity index (χ2n) is 7.00. The molecule has 2 saturated heterocycles. The number of nitrogens with one attached hydrogen (secondary N) is 2. The maximum Gasteiger partial charge on any atom is 0.416 e. The summed E-state index contributed by atoms with van der Waals surface area (Å²) in [5.74, 6) is 0.174. The topological polar surface area (TPSA) is 44.4 Å². The minimum atomic E-state index is -4.33. The summed E-state index contributed by atoms with van der Waals surface area (Å²) < 4.78 is 39.3. The SMILES string of the molecule is O=C(C1NNCC1Cl)N1CCCC(CCc2ccccc2C(F)(F)F)C1. The van der Waals surface area contributed by atoms with Gasteiger partial charge < -0.3 is 4.90 Å². The molecule has 0 bridgehead atoms. The van der Waals surface area contributed by atoms with Gasteiger partial charge in [0.05, 0.1) is 10.9 Å². The summed E-state index contributed by atoms with van der Waals surface area (Å²) in [4.78, 5) is 14.4. The Morgan fingerprint density at radius 1 is 1.31 bits per heavy atom. The predicted molar refractivity (Wildman–Crippen MR) is 93.6 cm³/mol. The standard InChI is InChI=1S/C18H23ClF3N3O/c19-15-10-23-24-16(15)17(26)25-9-3-4-12(11-25)7-8-13-5-1-2-6-14(13)18(20,21)22/h1-2,5-6,12,15-16,23-24H,3-4,7-11H2. The maximum absolute atomic E-state index is 13.1. The first-order chi connectivity index (χ1) is 12.4. The highest BCUT2D eigenvalue weighted by Gasteiger charge is 2.36. The number of hydrogen-bond acceptors (Lipinski definition) is 3. The number of benzene rings is 1. The zero-order valence-electron chi connectivity index (χ0n) is 14.4. The summed E-state index contributed by atoms with van der Waals surface area (Å²) in [6, 6.07) is 5.28. The Balaban J connectivity index is 1.59. The van der Waals surface area contributed by atoms with Crippen LogP contribution in [0.3, 0.4) is 0 Å². The zero-order chi connectivity index (χ0) is 18.7. The predicted octanol–water partition coefficient (Wildman–Crippen LogP) is 2.96. The Hall–Kier alpha value is -1.31. The Labute approximate surface area is 156 Å². The highest BCUT2D eigenvalue weighted by Crippen LogP contribution is 2.33. The Kier molecular flexibility index (Phi) is 6.10. The van der Waals surface area contributed by atoms with Gasteiger partial charge in [-0.05, 0) is 43.2 Å². The van der Waals surface area contributed by atoms with Gasteiger partial charge in [0.15, 0.2) is 0 Å². The van der Waals surface area contributed by atoms with E-state index in [9.17, 15) is 18.0 Å². The summed E-state index contributed by atoms with van der Waals surface area (Å²) in [5.41, 5.74) is 5.55. The van der Waals surface area contributed by atoms with Gasteiger partial charge in [-0.2, -0.15) is 13.2 Å². The van der Waals surface area contributed by atoms with E-state index in [0.717, 1.165) is 18.9 Å². The molecule has 2 aliphatic heterocycles. The summed E-state index contributed by atoms with van der Waals surface area (Å²) >= 11 is 6.15. The molecule has 0 saturated carbocycles. The largest absolute Gasteiger partial charge is 0.416 e. The van der Waals surface area contributed by atoms with E-state index in [-0.39, 0.29) is 17.2 Å². The van der Waals surface area contributed by atoms with E-state index >= 15 is 0 Å². The van der Waals surface area contributed by atoms with Gasteiger partial charge in [0.1, 0.15) is 6.04 Å². The van der Waals surface area contributed by atoms with Crippen LogP contribution in [0, 0.1) is 5.92 Å². The van der Waals surface area contributed by atoms with Crippen LogP contribution in [-0.4, -0.2) is 41.9 Å². The van der Waals surface area contributed by atoms with Crippen molar-refractivity contribution >= 4 is 17.5 Å². The van der Waals surface area contributed by atoms with Crippen LogP contribution in [0.5, 0.6) is 0 Å². The van der Waals surface area contributed by atoms with E-state index in [1.807, 2.05) is 0 Å². The molecular formula is C18H23ClF3N3O. The third kappa shape index (κ3) is 4.50. The first-order valence-electron chi connectivity index (χ1n) is 8.92. The molecule has 2 aliphatic rings. The van der Waals surface area contributed by atoms with Gasteiger partial charge in [-0.3, -0.25) is 10.2 Å². The molecule has 144 valence electrons. The normalized spacial score (nSPS) is 26.9. The molecular weight excluding hydrogens is 367 g/mol. The van der Waals surface area contributed by atoms with Crippen LogP contribution in [0.2, 0.25) is 0 Å². The van der Waals surface area contributed by atoms with Gasteiger partial charge in [-0.15, -0.1) is 11.6 Å². The first kappa shape index (κ1) is 19.5. The number of carbonyl (C=O) groups excluding carboxylic acids is 1. The van der Waals surface area contributed by atoms with Gasteiger partial charge >= 0.3 is 6.18 Å². The van der Waals surface area contributed by atoms with Crippen LogP contribution >= 0.6 is 11.6 Å². The molecule has 1 amide bonds. The van der Waals surface area contributed by atoms with E-state index in [2.05, 4.69) is 10.9 Å². The number of halogens is 4. The summed E-state index contributed by atoms with van der Waals surface area (Å²) in [5, 5.41) is -0.290. The second kappa shape index (κ2) is 8.15. The number of nitrogens with zero attached hydrogens (tertiary/aromatic N) is 1. The fraction of sp³-hybridized carbons (Fsp3) is 0.611. The number of hydrogen-bond donors (Lipinski definition) is 2. The quantitative estimate of drug-likeness (QED) is 0.778. The van der Waals surface area contributed by atoms with E-state index in [1.54, 1.807) is 17.0 Å². The fourth-order valence-electron chi connectivity index (χ4n) is 3.76. The molecule has 3 unspecified atom stereocenters. The van der Waals surface area contributed by atoms with Crippen molar-refractivity contribution in [2.45, 2.75) is 43.3 Å². The molecule has 1 aromatic rings. The monoisotopic (exact) mass is 389 g/mol. The molecule has 3 atom stereocenters. The lowest BCUT2D eigenvalue weighted by molar-refractivity contribution is -0.138. The second-order valence-corrected chi connectivity index (χ2v) is 7.57. The van der Waals surface area contributed by atoms with Gasteiger partial charge in [0.2, 0.25) is 5.91 Å². The molecule has 0 spiro atoms. The van der Waals surface area contributed by atoms with Crippen LogP contribution in [0.25, 0.3) is 0 Å². The minimum absolute atomic E-state index is 0.0320. The van der Waals surface area contributed by atoms with Crippen LogP contribution in [0.1, 0.15) is 30.4 Å². The van der Waals surface area contributed by atoms with Gasteiger partial charge in [0, 0.05) is 19.6 Å². The summed E-state index contributed by atoms with van der Waals surface area (Å²) in [6.45, 7) is 1.79. The molecule has 2 N–H and O–H groups in total. The molecule has 2 fully saturated rings. The van der Waals surface area contributed by atoms with Gasteiger partial charge in [-0.25, -0.2) is 5.43 Å². The first-order valence-corrected chi connectivity index (χ1v) is 9.36. The molecule has 8 heteroatoms. The molecule has 0 aliphatic carbocycles. The van der Waals surface area contributed by atoms with E-state index in [0.29, 0.717) is 38.0 Å². The number of amides is 1. The smallest absolute Gasteiger partial charge is 0.341 e. The molecule has 26 heavy (non-hydrogen) atoms. The molecule has 1 aromatic carbocycles. The highest BCUT2D eigenvalue weighted by atomic mass is 35.5. The van der Waals surface area contributed by atoms with Crippen molar-refractivity contribution in [2.75, 3.05) is 19.6 Å². The molecule has 2 heterocycles. The van der Waals surface area contributed by atoms with E-state index in [1.165, 1.54) is 6.07 Å². The van der Waals surface area contributed by atoms with Crippen molar-refractivity contribution in [1.82, 2.24) is 15.8 Å². The highest BCUT2D eigenvalue weighted by molar-refractivity contribution is 6.23. The number of rotatable bonds is 4. The number of hydrazine groups is 1. The maximum atomic E-state index is 13.1. The summed E-state index contributed by atoms with van der Waals surface area (Å²) in [6.07, 6.45) is -1.54. The Morgan fingerprint density at radius 2 is 2.08 bits per heavy atom. The average Bonchev–Trinajstić information content (AvgIpc) is 3.05. The van der Waals surface area contributed by atoms with E-state index < -0.39 is 17.8 Å². The third-order valence-corrected chi connectivity index (χ3v) is 5.56. The Bertz CT molecular complexity index is 640. The van der Waals surface area contributed by atoms with Crippen molar-refractivity contribution in [3.63, 3.8) is 0 Å². The number of piperidine rings is 1. The number of carbonyl (C=O) groups is 1. The number of alkyl halides is 4. The average molecular weight is 390 g/mol. The molecule has 3 rings (SSSR count).